The number of nitrogens with one attached hydrogen (secondary N) is 1. The molecule has 3 rings (SSSR count). The van der Waals surface area contributed by atoms with E-state index in [2.05, 4.69) is 33.5 Å². The van der Waals surface area contributed by atoms with Crippen molar-refractivity contribution in [3.05, 3.63) is 28.5 Å². The van der Waals surface area contributed by atoms with Crippen molar-refractivity contribution in [2.24, 2.45) is 0 Å². The van der Waals surface area contributed by atoms with Crippen LogP contribution in [0.25, 0.3) is 10.8 Å². The van der Waals surface area contributed by atoms with Crippen LogP contribution in [0.4, 0.5) is 0 Å². The second kappa shape index (κ2) is 8.33. The van der Waals surface area contributed by atoms with Crippen molar-refractivity contribution >= 4 is 17.2 Å². The lowest BCUT2D eigenvalue weighted by atomic mass is 10.2. The first kappa shape index (κ1) is 19.1. The maximum atomic E-state index is 11.9. The van der Waals surface area contributed by atoms with Crippen molar-refractivity contribution in [2.75, 3.05) is 32.7 Å². The van der Waals surface area contributed by atoms with Crippen LogP contribution in [0.2, 0.25) is 0 Å². The van der Waals surface area contributed by atoms with E-state index in [-0.39, 0.29) is 11.9 Å². The summed E-state index contributed by atoms with van der Waals surface area (Å²) in [4.78, 5) is 22.3. The highest BCUT2D eigenvalue weighted by Crippen LogP contribution is 2.30. The Kier molecular flexibility index (Phi) is 6.11. The topological polar surface area (TPSA) is 61.6 Å². The van der Waals surface area contributed by atoms with Gasteiger partial charge in [0, 0.05) is 38.8 Å². The number of oxazole rings is 1. The number of aryl methyl sites for hydroxylation is 2. The van der Waals surface area contributed by atoms with Gasteiger partial charge >= 0.3 is 0 Å². The monoisotopic (exact) mass is 376 g/mol. The van der Waals surface area contributed by atoms with Gasteiger partial charge in [-0.15, -0.1) is 11.3 Å². The Labute approximate surface area is 159 Å². The molecule has 1 aliphatic heterocycles. The number of carbonyl (C=O) groups is 1. The first-order chi connectivity index (χ1) is 12.4. The van der Waals surface area contributed by atoms with Crippen molar-refractivity contribution < 1.29 is 9.21 Å². The van der Waals surface area contributed by atoms with Gasteiger partial charge < -0.3 is 9.73 Å². The number of thiophene rings is 1. The lowest BCUT2D eigenvalue weighted by molar-refractivity contribution is -0.123. The SMILES string of the molecule is Cc1ccsc1-c1nc(CN2CCN(CC(=O)NC(C)C)CC2)c(C)o1. The highest BCUT2D eigenvalue weighted by atomic mass is 32.1. The third-order valence-corrected chi connectivity index (χ3v) is 5.61. The Morgan fingerprint density at radius 2 is 1.96 bits per heavy atom. The van der Waals surface area contributed by atoms with E-state index < -0.39 is 0 Å². The zero-order valence-corrected chi connectivity index (χ0v) is 16.9. The quantitative estimate of drug-likeness (QED) is 0.840. The molecule has 0 bridgehead atoms. The van der Waals surface area contributed by atoms with Crippen LogP contribution < -0.4 is 5.32 Å². The van der Waals surface area contributed by atoms with Crippen LogP contribution >= 0.6 is 11.3 Å². The molecule has 2 aromatic rings. The van der Waals surface area contributed by atoms with Gasteiger partial charge in [-0.2, -0.15) is 0 Å². The molecule has 142 valence electrons. The fraction of sp³-hybridized carbons (Fsp3) is 0.579. The number of amides is 1. The van der Waals surface area contributed by atoms with Gasteiger partial charge in [-0.05, 0) is 44.7 Å². The number of piperazine rings is 1. The van der Waals surface area contributed by atoms with Crippen LogP contribution in [0.5, 0.6) is 0 Å². The van der Waals surface area contributed by atoms with Crippen LogP contribution in [-0.2, 0) is 11.3 Å². The molecule has 0 radical (unpaired) electrons. The molecule has 3 heterocycles. The van der Waals surface area contributed by atoms with Crippen LogP contribution in [0.1, 0.15) is 30.9 Å². The summed E-state index contributed by atoms with van der Waals surface area (Å²) in [6.07, 6.45) is 0. The molecule has 2 aromatic heterocycles. The van der Waals surface area contributed by atoms with Crippen molar-refractivity contribution in [3.8, 4) is 10.8 Å². The molecular formula is C19H28N4O2S. The molecule has 0 aromatic carbocycles. The fourth-order valence-electron chi connectivity index (χ4n) is 3.15. The van der Waals surface area contributed by atoms with E-state index in [0.29, 0.717) is 6.54 Å². The average molecular weight is 377 g/mol. The zero-order valence-electron chi connectivity index (χ0n) is 16.0. The molecule has 0 atom stereocenters. The molecule has 1 amide bonds. The standard InChI is InChI=1S/C19H28N4O2S/c1-13(2)20-17(24)12-23-8-6-22(7-9-23)11-16-15(4)25-19(21-16)18-14(3)5-10-26-18/h5,10,13H,6-9,11-12H2,1-4H3,(H,20,24). The van der Waals surface area contributed by atoms with E-state index in [1.807, 2.05) is 20.8 Å². The minimum atomic E-state index is 0.108. The molecule has 1 aliphatic rings. The van der Waals surface area contributed by atoms with Crippen molar-refractivity contribution in [2.45, 2.75) is 40.3 Å². The smallest absolute Gasteiger partial charge is 0.237 e. The van der Waals surface area contributed by atoms with Gasteiger partial charge in [0.1, 0.15) is 5.76 Å². The molecule has 1 N–H and O–H groups in total. The van der Waals surface area contributed by atoms with Crippen LogP contribution in [0.3, 0.4) is 0 Å². The maximum Gasteiger partial charge on any atom is 0.237 e. The first-order valence-electron chi connectivity index (χ1n) is 9.17. The Morgan fingerprint density at radius 1 is 1.27 bits per heavy atom. The van der Waals surface area contributed by atoms with E-state index in [1.54, 1.807) is 11.3 Å². The predicted octanol–water partition coefficient (Wildman–Crippen LogP) is 2.66. The normalized spacial score (nSPS) is 16.3. The molecule has 0 unspecified atom stereocenters. The summed E-state index contributed by atoms with van der Waals surface area (Å²) in [7, 11) is 0. The second-order valence-corrected chi connectivity index (χ2v) is 8.15. The van der Waals surface area contributed by atoms with Crippen molar-refractivity contribution in [1.82, 2.24) is 20.1 Å². The van der Waals surface area contributed by atoms with Crippen molar-refractivity contribution in [3.63, 3.8) is 0 Å². The number of hydrogen-bond donors (Lipinski definition) is 1. The van der Waals surface area contributed by atoms with Gasteiger partial charge in [0.2, 0.25) is 11.8 Å². The first-order valence-corrected chi connectivity index (χ1v) is 10.0. The number of hydrogen-bond acceptors (Lipinski definition) is 6. The lowest BCUT2D eigenvalue weighted by Crippen LogP contribution is -2.49. The van der Waals surface area contributed by atoms with Crippen LogP contribution in [-0.4, -0.2) is 59.5 Å². The number of rotatable bonds is 6. The molecule has 0 spiro atoms. The lowest BCUT2D eigenvalue weighted by Gasteiger charge is -2.34. The summed E-state index contributed by atoms with van der Waals surface area (Å²) in [5, 5.41) is 5.02. The number of nitrogens with zero attached hydrogens (tertiary/aromatic N) is 3. The minimum absolute atomic E-state index is 0.108. The van der Waals surface area contributed by atoms with E-state index in [4.69, 9.17) is 9.40 Å². The van der Waals surface area contributed by atoms with Crippen molar-refractivity contribution in [1.29, 1.82) is 0 Å². The van der Waals surface area contributed by atoms with Crippen LogP contribution in [0, 0.1) is 13.8 Å². The average Bonchev–Trinajstić information content (AvgIpc) is 3.14. The molecular weight excluding hydrogens is 348 g/mol. The minimum Gasteiger partial charge on any atom is -0.440 e. The summed E-state index contributed by atoms with van der Waals surface area (Å²) < 4.78 is 5.90. The van der Waals surface area contributed by atoms with E-state index >= 15 is 0 Å². The molecule has 1 fully saturated rings. The zero-order chi connectivity index (χ0) is 18.7. The molecule has 7 heteroatoms. The third kappa shape index (κ3) is 4.72. The third-order valence-electron chi connectivity index (χ3n) is 4.60. The summed E-state index contributed by atoms with van der Waals surface area (Å²) in [6, 6.07) is 2.29. The Hall–Kier alpha value is -1.70. The highest BCUT2D eigenvalue weighted by molar-refractivity contribution is 7.13. The van der Waals surface area contributed by atoms with Gasteiger partial charge in [-0.3, -0.25) is 14.6 Å². The fourth-order valence-corrected chi connectivity index (χ4v) is 4.00. The molecule has 0 saturated carbocycles. The number of aromatic nitrogens is 1. The van der Waals surface area contributed by atoms with Crippen LogP contribution in [0.15, 0.2) is 15.9 Å². The molecule has 26 heavy (non-hydrogen) atoms. The van der Waals surface area contributed by atoms with E-state index in [1.165, 1.54) is 5.56 Å². The van der Waals surface area contributed by atoms with Gasteiger partial charge in [0.15, 0.2) is 0 Å². The van der Waals surface area contributed by atoms with E-state index in [9.17, 15) is 4.79 Å². The Balaban J connectivity index is 1.53. The predicted molar refractivity (Wildman–Crippen MR) is 104 cm³/mol. The van der Waals surface area contributed by atoms with Gasteiger partial charge in [0.25, 0.3) is 0 Å². The largest absolute Gasteiger partial charge is 0.440 e. The number of carbonyl (C=O) groups excluding carboxylic acids is 1. The van der Waals surface area contributed by atoms with Gasteiger partial charge in [0.05, 0.1) is 17.1 Å². The summed E-state index contributed by atoms with van der Waals surface area (Å²) in [5.41, 5.74) is 2.22. The van der Waals surface area contributed by atoms with Gasteiger partial charge in [-0.25, -0.2) is 4.98 Å². The van der Waals surface area contributed by atoms with Gasteiger partial charge in [-0.1, -0.05) is 0 Å². The highest BCUT2D eigenvalue weighted by Gasteiger charge is 2.22. The summed E-state index contributed by atoms with van der Waals surface area (Å²) in [5.74, 6) is 1.73. The maximum absolute atomic E-state index is 11.9. The Morgan fingerprint density at radius 3 is 2.58 bits per heavy atom. The molecule has 1 saturated heterocycles. The summed E-state index contributed by atoms with van der Waals surface area (Å²) >= 11 is 1.67. The molecule has 0 aliphatic carbocycles. The Bertz CT molecular complexity index is 745. The summed E-state index contributed by atoms with van der Waals surface area (Å²) in [6.45, 7) is 13.0. The molecule has 6 nitrogen and oxygen atoms in total. The second-order valence-electron chi connectivity index (χ2n) is 7.23. The van der Waals surface area contributed by atoms with E-state index in [0.717, 1.165) is 54.9 Å².